The van der Waals surface area contributed by atoms with Gasteiger partial charge in [0.15, 0.2) is 0 Å². The summed E-state index contributed by atoms with van der Waals surface area (Å²) in [6.45, 7) is 4.45. The number of amides is 1. The van der Waals surface area contributed by atoms with Gasteiger partial charge in [0.2, 0.25) is 11.9 Å². The zero-order valence-electron chi connectivity index (χ0n) is 20.4. The Kier molecular flexibility index (Phi) is 6.67. The number of benzene rings is 1. The molecule has 0 unspecified atom stereocenters. The van der Waals surface area contributed by atoms with Gasteiger partial charge < -0.3 is 20.6 Å². The van der Waals surface area contributed by atoms with Gasteiger partial charge in [0, 0.05) is 56.9 Å². The molecule has 0 aliphatic carbocycles. The molecule has 0 fully saturated rings. The third kappa shape index (κ3) is 4.93. The number of carbonyl (C=O) groups is 1. The van der Waals surface area contributed by atoms with Gasteiger partial charge in [0.1, 0.15) is 6.07 Å². The fourth-order valence-electron chi connectivity index (χ4n) is 4.12. The largest absolute Gasteiger partial charge is 0.395 e. The average Bonchev–Trinajstić information content (AvgIpc) is 3.20. The molecule has 2 aromatic heterocycles. The van der Waals surface area contributed by atoms with Crippen molar-refractivity contribution < 1.29 is 9.90 Å². The molecule has 0 radical (unpaired) electrons. The molecule has 35 heavy (non-hydrogen) atoms. The minimum atomic E-state index is -0.475. The smallest absolute Gasteiger partial charge is 0.227 e. The lowest BCUT2D eigenvalue weighted by molar-refractivity contribution is -0.128. The number of aliphatic hydroxyl groups excluding tert-OH is 1. The fraction of sp³-hybridized carbons (Fsp3) is 0.346. The van der Waals surface area contributed by atoms with Crippen LogP contribution in [-0.4, -0.2) is 58.1 Å². The monoisotopic (exact) mass is 471 g/mol. The van der Waals surface area contributed by atoms with E-state index in [2.05, 4.69) is 31.7 Å². The first-order valence-corrected chi connectivity index (χ1v) is 11.4. The zero-order chi connectivity index (χ0) is 25.2. The van der Waals surface area contributed by atoms with Crippen molar-refractivity contribution in [3.8, 4) is 17.3 Å². The van der Waals surface area contributed by atoms with Crippen LogP contribution in [0.1, 0.15) is 35.7 Å². The number of hydrogen-bond acceptors (Lipinski definition) is 8. The molecule has 1 atom stereocenters. The molecule has 3 aromatic rings. The van der Waals surface area contributed by atoms with Crippen molar-refractivity contribution >= 4 is 23.2 Å². The van der Waals surface area contributed by atoms with Crippen molar-refractivity contribution in [3.63, 3.8) is 0 Å². The second kappa shape index (κ2) is 9.68. The van der Waals surface area contributed by atoms with Crippen molar-refractivity contribution in [2.45, 2.75) is 32.1 Å². The summed E-state index contributed by atoms with van der Waals surface area (Å²) in [7, 11) is 3.47. The summed E-state index contributed by atoms with van der Waals surface area (Å²) in [5.41, 5.74) is 5.61. The van der Waals surface area contributed by atoms with Crippen LogP contribution in [-0.2, 0) is 16.6 Å². The number of carbonyl (C=O) groups excluding carboxylic acids is 1. The summed E-state index contributed by atoms with van der Waals surface area (Å²) in [6, 6.07) is 9.78. The van der Waals surface area contributed by atoms with Crippen molar-refractivity contribution in [2.24, 2.45) is 0 Å². The van der Waals surface area contributed by atoms with Crippen molar-refractivity contribution in [3.05, 3.63) is 59.0 Å². The van der Waals surface area contributed by atoms with Gasteiger partial charge in [-0.25, -0.2) is 9.97 Å². The number of nitrogens with one attached hydrogen (secondary N) is 2. The van der Waals surface area contributed by atoms with Crippen LogP contribution in [0.5, 0.6) is 0 Å². The molecule has 1 aliphatic heterocycles. The standard InChI is InChI=1S/C26H29N7O2/c1-16-9-22(21(29-13-16)5-6-23(35)33(3)4)32-25-28-8-7-20(31-25)17-10-18(12-27)24-19(11-17)26(2,15-34)14-30-24/h7-11,13,30,34H,5-6,14-15H2,1-4H3,(H,28,31,32)/t26-/m1/s1. The second-order valence-electron chi connectivity index (χ2n) is 9.32. The molecule has 0 bridgehead atoms. The second-order valence-corrected chi connectivity index (χ2v) is 9.32. The van der Waals surface area contributed by atoms with Crippen LogP contribution in [0.25, 0.3) is 11.3 Å². The molecule has 4 rings (SSSR count). The quantitative estimate of drug-likeness (QED) is 0.480. The maximum Gasteiger partial charge on any atom is 0.227 e. The van der Waals surface area contributed by atoms with Crippen LogP contribution in [0, 0.1) is 18.3 Å². The lowest BCUT2D eigenvalue weighted by Gasteiger charge is -2.21. The lowest BCUT2D eigenvalue weighted by Crippen LogP contribution is -2.28. The first kappa shape index (κ1) is 24.1. The summed E-state index contributed by atoms with van der Waals surface area (Å²) in [4.78, 5) is 27.2. The number of rotatable bonds is 7. The number of nitriles is 1. The summed E-state index contributed by atoms with van der Waals surface area (Å²) >= 11 is 0. The number of hydrogen-bond donors (Lipinski definition) is 3. The highest BCUT2D eigenvalue weighted by molar-refractivity contribution is 5.77. The summed E-state index contributed by atoms with van der Waals surface area (Å²) < 4.78 is 0. The van der Waals surface area contributed by atoms with E-state index >= 15 is 0 Å². The molecular formula is C26H29N7O2. The highest BCUT2D eigenvalue weighted by atomic mass is 16.3. The van der Waals surface area contributed by atoms with E-state index in [1.54, 1.807) is 43.5 Å². The van der Waals surface area contributed by atoms with Crippen LogP contribution in [0.4, 0.5) is 17.3 Å². The molecule has 3 heterocycles. The van der Waals surface area contributed by atoms with Crippen LogP contribution in [0.3, 0.4) is 0 Å². The summed E-state index contributed by atoms with van der Waals surface area (Å²) in [5, 5.41) is 26.2. The van der Waals surface area contributed by atoms with Gasteiger partial charge in [-0.2, -0.15) is 5.26 Å². The lowest BCUT2D eigenvalue weighted by atomic mass is 9.83. The van der Waals surface area contributed by atoms with E-state index in [1.807, 2.05) is 26.0 Å². The molecule has 9 nitrogen and oxygen atoms in total. The van der Waals surface area contributed by atoms with Gasteiger partial charge in [-0.3, -0.25) is 9.78 Å². The van der Waals surface area contributed by atoms with E-state index in [9.17, 15) is 15.2 Å². The number of pyridine rings is 1. The third-order valence-corrected chi connectivity index (χ3v) is 6.29. The normalized spacial score (nSPS) is 16.2. The predicted octanol–water partition coefficient (Wildman–Crippen LogP) is 3.16. The van der Waals surface area contributed by atoms with E-state index in [0.29, 0.717) is 36.6 Å². The highest BCUT2D eigenvalue weighted by Crippen LogP contribution is 2.41. The average molecular weight is 472 g/mol. The fourth-order valence-corrected chi connectivity index (χ4v) is 4.12. The number of aryl methyl sites for hydroxylation is 2. The van der Waals surface area contributed by atoms with Crippen LogP contribution in [0.2, 0.25) is 0 Å². The number of anilines is 3. The Labute approximate surface area is 204 Å². The molecule has 0 spiro atoms. The third-order valence-electron chi connectivity index (χ3n) is 6.29. The van der Waals surface area contributed by atoms with Gasteiger partial charge >= 0.3 is 0 Å². The Balaban J connectivity index is 1.66. The van der Waals surface area contributed by atoms with Gasteiger partial charge in [-0.15, -0.1) is 0 Å². The number of fused-ring (bicyclic) bond motifs is 1. The maximum atomic E-state index is 12.1. The van der Waals surface area contributed by atoms with E-state index in [4.69, 9.17) is 0 Å². The number of aliphatic hydroxyl groups is 1. The summed E-state index contributed by atoms with van der Waals surface area (Å²) in [6.07, 6.45) is 4.27. The SMILES string of the molecule is Cc1cnc(CCC(=O)N(C)C)c(Nc2nccc(-c3cc(C#N)c4c(c3)[C@@](C)(CO)CN4)n2)c1. The van der Waals surface area contributed by atoms with Crippen LogP contribution < -0.4 is 10.6 Å². The summed E-state index contributed by atoms with van der Waals surface area (Å²) in [5.74, 6) is 0.419. The Bertz CT molecular complexity index is 1320. The molecule has 0 saturated carbocycles. The predicted molar refractivity (Wildman–Crippen MR) is 134 cm³/mol. The van der Waals surface area contributed by atoms with Gasteiger partial charge in [-0.05, 0) is 42.3 Å². The van der Waals surface area contributed by atoms with E-state index < -0.39 is 5.41 Å². The Hall–Kier alpha value is -4.03. The molecule has 180 valence electrons. The highest BCUT2D eigenvalue weighted by Gasteiger charge is 2.36. The molecule has 9 heteroatoms. The van der Waals surface area contributed by atoms with Crippen LogP contribution >= 0.6 is 0 Å². The molecule has 1 aliphatic rings. The van der Waals surface area contributed by atoms with Crippen molar-refractivity contribution in [2.75, 3.05) is 37.9 Å². The van der Waals surface area contributed by atoms with Crippen LogP contribution in [0.15, 0.2) is 36.7 Å². The molecular weight excluding hydrogens is 442 g/mol. The minimum Gasteiger partial charge on any atom is -0.395 e. The Morgan fingerprint density at radius 1 is 1.31 bits per heavy atom. The first-order valence-electron chi connectivity index (χ1n) is 11.4. The maximum absolute atomic E-state index is 12.1. The van der Waals surface area contributed by atoms with Crippen molar-refractivity contribution in [1.82, 2.24) is 19.9 Å². The number of aromatic nitrogens is 3. The Morgan fingerprint density at radius 2 is 2.11 bits per heavy atom. The zero-order valence-corrected chi connectivity index (χ0v) is 20.4. The van der Waals surface area contributed by atoms with E-state index in [1.165, 1.54) is 0 Å². The first-order chi connectivity index (χ1) is 16.7. The topological polar surface area (TPSA) is 127 Å². The minimum absolute atomic E-state index is 0.0304. The molecule has 3 N–H and O–H groups in total. The molecule has 1 amide bonds. The van der Waals surface area contributed by atoms with Gasteiger partial charge in [-0.1, -0.05) is 6.92 Å². The van der Waals surface area contributed by atoms with E-state index in [0.717, 1.165) is 33.8 Å². The van der Waals surface area contributed by atoms with Gasteiger partial charge in [0.25, 0.3) is 0 Å². The molecule has 1 aromatic carbocycles. The molecule has 0 saturated heterocycles. The van der Waals surface area contributed by atoms with Gasteiger partial charge in [0.05, 0.1) is 34.9 Å². The van der Waals surface area contributed by atoms with Crippen molar-refractivity contribution in [1.29, 1.82) is 5.26 Å². The Morgan fingerprint density at radius 3 is 2.83 bits per heavy atom. The van der Waals surface area contributed by atoms with E-state index in [-0.39, 0.29) is 12.5 Å². The number of nitrogens with zero attached hydrogens (tertiary/aromatic N) is 5.